The lowest BCUT2D eigenvalue weighted by atomic mass is 9.91. The molecule has 7 heteroatoms. The lowest BCUT2D eigenvalue weighted by Gasteiger charge is -2.45. The number of benzene rings is 1. The Hall–Kier alpha value is -2.22. The highest BCUT2D eigenvalue weighted by Gasteiger charge is 2.49. The van der Waals surface area contributed by atoms with Gasteiger partial charge in [-0.25, -0.2) is 0 Å². The SMILES string of the molecule is CO[C@@H]1[C@@H](OC)[C@H](Cc2ccccc2)O[C@@H]2COC(=O)CCCCCCCC/C=C\CCCCCCCCC(=O)O[C@@H]12. The Morgan fingerprint density at radius 1 is 0.690 bits per heavy atom. The first kappa shape index (κ1) is 34.3. The summed E-state index contributed by atoms with van der Waals surface area (Å²) in [6.07, 6.45) is 18.7. The molecule has 2 aliphatic rings. The summed E-state index contributed by atoms with van der Waals surface area (Å²) in [6, 6.07) is 10.1. The van der Waals surface area contributed by atoms with Crippen LogP contribution in [-0.4, -0.2) is 63.3 Å². The minimum Gasteiger partial charge on any atom is -0.463 e. The van der Waals surface area contributed by atoms with Crippen LogP contribution in [0.4, 0.5) is 0 Å². The maximum absolute atomic E-state index is 13.0. The fourth-order valence-corrected chi connectivity index (χ4v) is 6.00. The normalized spacial score (nSPS) is 29.6. The van der Waals surface area contributed by atoms with E-state index in [0.717, 1.165) is 56.9 Å². The summed E-state index contributed by atoms with van der Waals surface area (Å²) in [5.41, 5.74) is 1.10. The lowest BCUT2D eigenvalue weighted by molar-refractivity contribution is -0.251. The zero-order valence-electron chi connectivity index (χ0n) is 26.0. The average molecular weight is 587 g/mol. The lowest BCUT2D eigenvalue weighted by Crippen LogP contribution is -2.61. The van der Waals surface area contributed by atoms with Gasteiger partial charge in [-0.3, -0.25) is 9.59 Å². The third kappa shape index (κ3) is 12.6. The number of esters is 2. The number of cyclic esters (lactones) is 1. The number of carbonyl (C=O) groups excluding carboxylic acids is 2. The van der Waals surface area contributed by atoms with E-state index >= 15 is 0 Å². The first-order valence-corrected chi connectivity index (χ1v) is 16.4. The second-order valence-corrected chi connectivity index (χ2v) is 11.7. The molecule has 0 N–H and O–H groups in total. The average Bonchev–Trinajstić information content (AvgIpc) is 3.00. The molecule has 0 radical (unpaired) electrons. The van der Waals surface area contributed by atoms with Gasteiger partial charge in [0.2, 0.25) is 0 Å². The summed E-state index contributed by atoms with van der Waals surface area (Å²) < 4.78 is 29.9. The van der Waals surface area contributed by atoms with Gasteiger partial charge < -0.3 is 23.7 Å². The molecule has 7 nitrogen and oxygen atoms in total. The van der Waals surface area contributed by atoms with Gasteiger partial charge in [0, 0.05) is 33.5 Å². The number of allylic oxidation sites excluding steroid dienone is 2. The Morgan fingerprint density at radius 3 is 1.83 bits per heavy atom. The number of hydrogen-bond acceptors (Lipinski definition) is 7. The Labute approximate surface area is 253 Å². The summed E-state index contributed by atoms with van der Waals surface area (Å²) in [5.74, 6) is -0.532. The van der Waals surface area contributed by atoms with E-state index < -0.39 is 24.4 Å². The van der Waals surface area contributed by atoms with Crippen LogP contribution in [0.25, 0.3) is 0 Å². The Kier molecular flexibility index (Phi) is 16.8. The Bertz CT molecular complexity index is 902. The number of rotatable bonds is 4. The van der Waals surface area contributed by atoms with Gasteiger partial charge in [0.1, 0.15) is 24.9 Å². The van der Waals surface area contributed by atoms with Crippen LogP contribution in [-0.2, 0) is 39.7 Å². The van der Waals surface area contributed by atoms with Crippen molar-refractivity contribution < 1.29 is 33.3 Å². The van der Waals surface area contributed by atoms with Crippen LogP contribution >= 0.6 is 0 Å². The monoisotopic (exact) mass is 586 g/mol. The number of hydrogen-bond donors (Lipinski definition) is 0. The highest BCUT2D eigenvalue weighted by molar-refractivity contribution is 5.70. The van der Waals surface area contributed by atoms with Crippen LogP contribution in [0, 0.1) is 0 Å². The van der Waals surface area contributed by atoms with Crippen molar-refractivity contribution >= 4 is 11.9 Å². The van der Waals surface area contributed by atoms with E-state index in [1.165, 1.54) is 38.5 Å². The second-order valence-electron chi connectivity index (χ2n) is 11.7. The second kappa shape index (κ2) is 20.6. The van der Waals surface area contributed by atoms with Crippen molar-refractivity contribution in [3.05, 3.63) is 48.0 Å². The summed E-state index contributed by atoms with van der Waals surface area (Å²) in [5, 5.41) is 0. The standard InChI is InChI=1S/C35H54O7/c1-38-33-29(26-28-22-18-17-19-23-28)41-30-27-40-31(36)24-20-15-13-11-9-7-5-3-4-6-8-10-12-14-16-21-25-32(37)42-34(30)35(33)39-2/h3-4,17-19,22-23,29-30,33-35H,5-16,20-21,24-27H2,1-2H3/b4-3-/t29-,30+,33-,34+,35+/m0/s1. The van der Waals surface area contributed by atoms with Gasteiger partial charge in [-0.1, -0.05) is 93.9 Å². The Balaban J connectivity index is 1.65. The molecule has 3 rings (SSSR count). The molecule has 236 valence electrons. The van der Waals surface area contributed by atoms with Crippen LogP contribution in [0.15, 0.2) is 42.5 Å². The quantitative estimate of drug-likeness (QED) is 0.271. The van der Waals surface area contributed by atoms with Crippen molar-refractivity contribution in [2.75, 3.05) is 20.8 Å². The number of fused-ring (bicyclic) bond motifs is 1. The molecular weight excluding hydrogens is 532 g/mol. The predicted octanol–water partition coefficient (Wildman–Crippen LogP) is 7.29. The first-order valence-electron chi connectivity index (χ1n) is 16.4. The Morgan fingerprint density at radius 2 is 1.24 bits per heavy atom. The minimum atomic E-state index is -0.741. The van der Waals surface area contributed by atoms with Crippen molar-refractivity contribution in [3.63, 3.8) is 0 Å². The molecule has 0 amide bonds. The smallest absolute Gasteiger partial charge is 0.306 e. The molecule has 1 saturated heterocycles. The number of carbonyl (C=O) groups is 2. The molecule has 0 spiro atoms. The molecule has 0 bridgehead atoms. The van der Waals surface area contributed by atoms with Crippen molar-refractivity contribution in [1.29, 1.82) is 0 Å². The van der Waals surface area contributed by atoms with Crippen LogP contribution in [0.1, 0.15) is 108 Å². The maximum atomic E-state index is 13.0. The molecule has 1 aromatic rings. The largest absolute Gasteiger partial charge is 0.463 e. The highest BCUT2D eigenvalue weighted by atomic mass is 16.6. The van der Waals surface area contributed by atoms with Crippen LogP contribution in [0.5, 0.6) is 0 Å². The molecule has 1 fully saturated rings. The fourth-order valence-electron chi connectivity index (χ4n) is 6.00. The summed E-state index contributed by atoms with van der Waals surface area (Å²) in [4.78, 5) is 25.6. The summed E-state index contributed by atoms with van der Waals surface area (Å²) in [6.45, 7) is 0.00584. The van der Waals surface area contributed by atoms with Gasteiger partial charge in [-0.2, -0.15) is 0 Å². The van der Waals surface area contributed by atoms with E-state index in [9.17, 15) is 9.59 Å². The van der Waals surface area contributed by atoms with Gasteiger partial charge >= 0.3 is 11.9 Å². The first-order chi connectivity index (χ1) is 20.6. The van der Waals surface area contributed by atoms with Gasteiger partial charge in [-0.15, -0.1) is 0 Å². The molecule has 2 aliphatic heterocycles. The molecule has 0 saturated carbocycles. The molecular formula is C35H54O7. The van der Waals surface area contributed by atoms with E-state index in [0.29, 0.717) is 19.3 Å². The van der Waals surface area contributed by atoms with Crippen LogP contribution in [0.2, 0.25) is 0 Å². The van der Waals surface area contributed by atoms with E-state index in [4.69, 9.17) is 23.7 Å². The zero-order chi connectivity index (χ0) is 29.8. The third-order valence-electron chi connectivity index (χ3n) is 8.40. The van der Waals surface area contributed by atoms with Crippen LogP contribution < -0.4 is 0 Å². The fraction of sp³-hybridized carbons (Fsp3) is 0.714. The molecule has 0 unspecified atom stereocenters. The zero-order valence-corrected chi connectivity index (χ0v) is 26.0. The van der Waals surface area contributed by atoms with Crippen LogP contribution in [0.3, 0.4) is 0 Å². The molecule has 5 atom stereocenters. The number of ether oxygens (including phenoxy) is 5. The van der Waals surface area contributed by atoms with Crippen molar-refractivity contribution in [2.45, 2.75) is 140 Å². The predicted molar refractivity (Wildman–Crippen MR) is 164 cm³/mol. The van der Waals surface area contributed by atoms with E-state index in [2.05, 4.69) is 12.2 Å². The molecule has 0 aliphatic carbocycles. The van der Waals surface area contributed by atoms with Crippen molar-refractivity contribution in [2.24, 2.45) is 0 Å². The van der Waals surface area contributed by atoms with Gasteiger partial charge in [-0.05, 0) is 44.1 Å². The van der Waals surface area contributed by atoms with Crippen molar-refractivity contribution in [3.8, 4) is 0 Å². The van der Waals surface area contributed by atoms with Gasteiger partial charge in [0.05, 0.1) is 6.10 Å². The maximum Gasteiger partial charge on any atom is 0.306 e. The summed E-state index contributed by atoms with van der Waals surface area (Å²) in [7, 11) is 3.22. The number of methoxy groups -OCH3 is 2. The molecule has 2 heterocycles. The van der Waals surface area contributed by atoms with Gasteiger partial charge in [0.15, 0.2) is 6.10 Å². The molecule has 1 aromatic carbocycles. The molecule has 42 heavy (non-hydrogen) atoms. The van der Waals surface area contributed by atoms with Gasteiger partial charge in [0.25, 0.3) is 0 Å². The minimum absolute atomic E-state index is 0.00584. The van der Waals surface area contributed by atoms with E-state index in [-0.39, 0.29) is 24.6 Å². The highest BCUT2D eigenvalue weighted by Crippen LogP contribution is 2.30. The van der Waals surface area contributed by atoms with E-state index in [1.807, 2.05) is 30.3 Å². The summed E-state index contributed by atoms with van der Waals surface area (Å²) >= 11 is 0. The van der Waals surface area contributed by atoms with Crippen molar-refractivity contribution in [1.82, 2.24) is 0 Å². The third-order valence-corrected chi connectivity index (χ3v) is 8.40. The molecule has 0 aromatic heterocycles. The topological polar surface area (TPSA) is 80.3 Å². The van der Waals surface area contributed by atoms with E-state index in [1.54, 1.807) is 14.2 Å².